The normalized spacial score (nSPS) is 18.3. The second-order valence-electron chi connectivity index (χ2n) is 7.25. The molecule has 0 bridgehead atoms. The Morgan fingerprint density at radius 3 is 2.56 bits per heavy atom. The van der Waals surface area contributed by atoms with Crippen LogP contribution >= 0.6 is 0 Å². The third kappa shape index (κ3) is 9.30. The zero-order valence-electron chi connectivity index (χ0n) is 17.0. The summed E-state index contributed by atoms with van der Waals surface area (Å²) in [5, 5.41) is 3.29. The molecule has 27 heavy (non-hydrogen) atoms. The van der Waals surface area contributed by atoms with Gasteiger partial charge in [0.1, 0.15) is 6.54 Å². The van der Waals surface area contributed by atoms with E-state index in [9.17, 15) is 18.0 Å². The number of unbranched alkanes of at least 4 members (excludes halogenated alkanes) is 1. The number of carbonyl (C=O) groups excluding carboxylic acids is 1. The van der Waals surface area contributed by atoms with Crippen LogP contribution in [0.1, 0.15) is 33.1 Å². The highest BCUT2D eigenvalue weighted by Crippen LogP contribution is 2.21. The fourth-order valence-electron chi connectivity index (χ4n) is 3.03. The summed E-state index contributed by atoms with van der Waals surface area (Å²) in [6, 6.07) is 0. The lowest BCUT2D eigenvalue weighted by Gasteiger charge is -2.26. The maximum absolute atomic E-state index is 12.7. The van der Waals surface area contributed by atoms with Crippen LogP contribution in [0.25, 0.3) is 0 Å². The molecule has 1 N–H and O–H groups in total. The molecule has 0 aromatic carbocycles. The van der Waals surface area contributed by atoms with Crippen LogP contribution in [0.5, 0.6) is 0 Å². The van der Waals surface area contributed by atoms with Crippen molar-refractivity contribution < 1.29 is 18.0 Å². The third-order valence-electron chi connectivity index (χ3n) is 4.63. The molecule has 1 rings (SSSR count). The molecule has 0 radical (unpaired) electrons. The number of hydrogen-bond donors (Lipinski definition) is 1. The second-order valence-corrected chi connectivity index (χ2v) is 7.25. The average Bonchev–Trinajstić information content (AvgIpc) is 3.04. The van der Waals surface area contributed by atoms with Crippen LogP contribution < -0.4 is 5.32 Å². The Morgan fingerprint density at radius 2 is 2.00 bits per heavy atom. The summed E-state index contributed by atoms with van der Waals surface area (Å²) in [6.07, 6.45) is -1.31. The van der Waals surface area contributed by atoms with Gasteiger partial charge in [-0.25, -0.2) is 4.99 Å². The molecule has 0 saturated carbocycles. The zero-order chi connectivity index (χ0) is 20.4. The first-order valence-corrected chi connectivity index (χ1v) is 9.68. The van der Waals surface area contributed by atoms with Crippen LogP contribution in [0.2, 0.25) is 0 Å². The smallest absolute Gasteiger partial charge is 0.356 e. The van der Waals surface area contributed by atoms with E-state index in [1.165, 1.54) is 9.80 Å². The lowest BCUT2D eigenvalue weighted by molar-refractivity contribution is -0.146. The van der Waals surface area contributed by atoms with E-state index in [1.54, 1.807) is 21.0 Å². The van der Waals surface area contributed by atoms with Gasteiger partial charge in [0.15, 0.2) is 5.96 Å². The fourth-order valence-corrected chi connectivity index (χ4v) is 3.03. The lowest BCUT2D eigenvalue weighted by atomic mass is 10.1. The average molecular weight is 393 g/mol. The minimum Gasteiger partial charge on any atom is -0.356 e. The van der Waals surface area contributed by atoms with Crippen LogP contribution in [0.4, 0.5) is 13.2 Å². The quantitative estimate of drug-likeness (QED) is 0.370. The third-order valence-corrected chi connectivity index (χ3v) is 4.63. The number of carbonyl (C=O) groups is 1. The predicted octanol–water partition coefficient (Wildman–Crippen LogP) is 2.03. The van der Waals surface area contributed by atoms with Gasteiger partial charge in [0.25, 0.3) is 0 Å². The van der Waals surface area contributed by atoms with Crippen LogP contribution in [0, 0.1) is 5.92 Å². The van der Waals surface area contributed by atoms with Crippen LogP contribution in [-0.2, 0) is 4.79 Å². The van der Waals surface area contributed by atoms with Gasteiger partial charge >= 0.3 is 6.18 Å². The minimum atomic E-state index is -4.17. The zero-order valence-corrected chi connectivity index (χ0v) is 17.0. The molecule has 0 spiro atoms. The molecule has 158 valence electrons. The highest BCUT2D eigenvalue weighted by atomic mass is 19.4. The summed E-state index contributed by atoms with van der Waals surface area (Å²) in [5.74, 6) is 0.762. The molecule has 1 unspecified atom stereocenters. The molecule has 1 fully saturated rings. The van der Waals surface area contributed by atoms with E-state index in [2.05, 4.69) is 22.1 Å². The first-order valence-electron chi connectivity index (χ1n) is 9.68. The van der Waals surface area contributed by atoms with E-state index in [0.717, 1.165) is 32.4 Å². The maximum Gasteiger partial charge on any atom is 0.401 e. The molecule has 1 amide bonds. The molecule has 0 aromatic heterocycles. The van der Waals surface area contributed by atoms with Gasteiger partial charge in [0.05, 0.1) is 6.54 Å². The van der Waals surface area contributed by atoms with Crippen molar-refractivity contribution in [3.05, 3.63) is 0 Å². The van der Waals surface area contributed by atoms with Gasteiger partial charge in [0.2, 0.25) is 5.91 Å². The molecule has 1 aliphatic heterocycles. The van der Waals surface area contributed by atoms with Crippen molar-refractivity contribution in [2.45, 2.75) is 39.3 Å². The Labute approximate surface area is 160 Å². The Morgan fingerprint density at radius 1 is 1.30 bits per heavy atom. The van der Waals surface area contributed by atoms with Crippen molar-refractivity contribution in [3.8, 4) is 0 Å². The Balaban J connectivity index is 2.66. The van der Waals surface area contributed by atoms with Crippen molar-refractivity contribution in [1.82, 2.24) is 20.0 Å². The highest BCUT2D eigenvalue weighted by Gasteiger charge is 2.33. The van der Waals surface area contributed by atoms with Crippen molar-refractivity contribution in [2.75, 3.05) is 59.9 Å². The van der Waals surface area contributed by atoms with E-state index in [1.807, 2.05) is 0 Å². The molecule has 1 aliphatic rings. The number of nitrogens with one attached hydrogen (secondary N) is 1. The van der Waals surface area contributed by atoms with Gasteiger partial charge in [-0.3, -0.25) is 9.69 Å². The fraction of sp³-hybridized carbons (Fsp3) is 0.889. The molecular formula is C18H34F3N5O. The number of hydrogen-bond acceptors (Lipinski definition) is 3. The number of likely N-dealkylation sites (tertiary alicyclic amines) is 1. The second kappa shape index (κ2) is 11.4. The molecule has 6 nitrogen and oxygen atoms in total. The van der Waals surface area contributed by atoms with Gasteiger partial charge in [-0.15, -0.1) is 0 Å². The van der Waals surface area contributed by atoms with Crippen molar-refractivity contribution in [2.24, 2.45) is 10.9 Å². The summed E-state index contributed by atoms with van der Waals surface area (Å²) >= 11 is 0. The summed E-state index contributed by atoms with van der Waals surface area (Å²) in [4.78, 5) is 21.3. The van der Waals surface area contributed by atoms with E-state index < -0.39 is 12.7 Å². The first kappa shape index (κ1) is 23.5. The Bertz CT molecular complexity index is 482. The highest BCUT2D eigenvalue weighted by molar-refractivity contribution is 5.85. The maximum atomic E-state index is 12.7. The monoisotopic (exact) mass is 393 g/mol. The molecule has 1 heterocycles. The van der Waals surface area contributed by atoms with Gasteiger partial charge in [0, 0.05) is 40.3 Å². The van der Waals surface area contributed by atoms with E-state index in [-0.39, 0.29) is 18.4 Å². The standard InChI is InChI=1S/C18H34F3N5O/c1-5-7-9-22-17(23-11-16(27)24(3)4)26-10-8-15(13-26)12-25(6-2)14-18(19,20)21/h15H,5-14H2,1-4H3,(H,22,23). The number of aliphatic imine (C=N–C) groups is 1. The van der Waals surface area contributed by atoms with E-state index >= 15 is 0 Å². The largest absolute Gasteiger partial charge is 0.401 e. The number of guanidine groups is 1. The van der Waals surface area contributed by atoms with E-state index in [4.69, 9.17) is 0 Å². The number of likely N-dealkylation sites (N-methyl/N-ethyl adjacent to an activating group) is 1. The molecule has 9 heteroatoms. The number of halogens is 3. The van der Waals surface area contributed by atoms with Crippen molar-refractivity contribution in [1.29, 1.82) is 0 Å². The van der Waals surface area contributed by atoms with Gasteiger partial charge in [-0.2, -0.15) is 13.2 Å². The van der Waals surface area contributed by atoms with Crippen LogP contribution in [0.15, 0.2) is 4.99 Å². The minimum absolute atomic E-state index is 0.0672. The molecule has 1 saturated heterocycles. The molecular weight excluding hydrogens is 359 g/mol. The van der Waals surface area contributed by atoms with Crippen LogP contribution in [-0.4, -0.2) is 92.7 Å². The summed E-state index contributed by atoms with van der Waals surface area (Å²) < 4.78 is 38.0. The summed E-state index contributed by atoms with van der Waals surface area (Å²) in [6.45, 7) is 6.01. The number of rotatable bonds is 9. The Hall–Kier alpha value is -1.51. The number of amides is 1. The number of nitrogens with zero attached hydrogens (tertiary/aromatic N) is 4. The van der Waals surface area contributed by atoms with Crippen molar-refractivity contribution >= 4 is 11.9 Å². The van der Waals surface area contributed by atoms with Crippen LogP contribution in [0.3, 0.4) is 0 Å². The van der Waals surface area contributed by atoms with Gasteiger partial charge in [-0.1, -0.05) is 20.3 Å². The van der Waals surface area contributed by atoms with E-state index in [0.29, 0.717) is 25.6 Å². The first-order chi connectivity index (χ1) is 12.7. The van der Waals surface area contributed by atoms with Crippen molar-refractivity contribution in [3.63, 3.8) is 0 Å². The molecule has 0 aliphatic carbocycles. The van der Waals surface area contributed by atoms with Gasteiger partial charge in [-0.05, 0) is 25.3 Å². The molecule has 1 atom stereocenters. The predicted molar refractivity (Wildman–Crippen MR) is 102 cm³/mol. The Kier molecular flexibility index (Phi) is 9.90. The molecule has 0 aromatic rings. The summed E-state index contributed by atoms with van der Waals surface area (Å²) in [5.41, 5.74) is 0. The van der Waals surface area contributed by atoms with Gasteiger partial charge < -0.3 is 15.1 Å². The topological polar surface area (TPSA) is 51.2 Å². The number of alkyl halides is 3. The summed E-state index contributed by atoms with van der Waals surface area (Å²) in [7, 11) is 3.38. The SMILES string of the molecule is CCCCNC(=NCC(=O)N(C)C)N1CCC(CN(CC)CC(F)(F)F)C1. The lowest BCUT2D eigenvalue weighted by Crippen LogP contribution is -2.42.